The summed E-state index contributed by atoms with van der Waals surface area (Å²) in [7, 11) is 0. The third-order valence-electron chi connectivity index (χ3n) is 5.73. The number of allylic oxidation sites excluding steroid dienone is 1. The molecule has 31 heavy (non-hydrogen) atoms. The Kier molecular flexibility index (Phi) is 5.26. The van der Waals surface area contributed by atoms with Gasteiger partial charge in [-0.3, -0.25) is 9.69 Å². The van der Waals surface area contributed by atoms with Crippen LogP contribution in [0.5, 0.6) is 11.5 Å². The zero-order valence-corrected chi connectivity index (χ0v) is 18.0. The molecule has 0 radical (unpaired) electrons. The van der Waals surface area contributed by atoms with Crippen LogP contribution in [0.4, 0.5) is 0 Å². The van der Waals surface area contributed by atoms with Gasteiger partial charge >= 0.3 is 0 Å². The number of rotatable bonds is 4. The number of nitrogens with zero attached hydrogens (tertiary/aromatic N) is 1. The van der Waals surface area contributed by atoms with Gasteiger partial charge in [-0.2, -0.15) is 0 Å². The van der Waals surface area contributed by atoms with Crippen LogP contribution in [0.15, 0.2) is 66.4 Å². The molecule has 0 fully saturated rings. The predicted octanol–water partition coefficient (Wildman–Crippen LogP) is 5.66. The summed E-state index contributed by atoms with van der Waals surface area (Å²) >= 11 is 5.97. The lowest BCUT2D eigenvalue weighted by Gasteiger charge is -2.30. The Balaban J connectivity index is 1.35. The van der Waals surface area contributed by atoms with Crippen molar-refractivity contribution in [3.8, 4) is 11.5 Å². The Hall–Kier alpha value is -3.08. The fourth-order valence-electron chi connectivity index (χ4n) is 4.08. The molecule has 2 heterocycles. The molecule has 0 atom stereocenters. The summed E-state index contributed by atoms with van der Waals surface area (Å²) in [5.41, 5.74) is 4.69. The van der Waals surface area contributed by atoms with E-state index in [0.29, 0.717) is 23.8 Å². The van der Waals surface area contributed by atoms with Crippen molar-refractivity contribution < 1.29 is 14.3 Å². The lowest BCUT2D eigenvalue weighted by molar-refractivity contribution is 0.0954. The molecule has 0 bridgehead atoms. The summed E-state index contributed by atoms with van der Waals surface area (Å²) in [5.74, 6) is 1.71. The number of hydrogen-bond acceptors (Lipinski definition) is 4. The number of benzene rings is 3. The van der Waals surface area contributed by atoms with Crippen LogP contribution in [-0.4, -0.2) is 24.0 Å². The van der Waals surface area contributed by atoms with Crippen LogP contribution in [-0.2, 0) is 13.0 Å². The van der Waals surface area contributed by atoms with Crippen LogP contribution in [0.3, 0.4) is 0 Å². The van der Waals surface area contributed by atoms with E-state index in [1.807, 2.05) is 55.5 Å². The van der Waals surface area contributed by atoms with E-state index in [-0.39, 0.29) is 5.78 Å². The number of ether oxygens (including phenoxy) is 2. The number of fused-ring (bicyclic) bond motifs is 2. The third kappa shape index (κ3) is 3.97. The molecular formula is C26H22ClNO3. The number of carbonyl (C=O) groups is 1. The van der Waals surface area contributed by atoms with Gasteiger partial charge in [-0.25, -0.2) is 0 Å². The normalized spacial score (nSPS) is 16.6. The maximum absolute atomic E-state index is 13.0. The molecule has 0 saturated carbocycles. The van der Waals surface area contributed by atoms with Crippen molar-refractivity contribution >= 4 is 23.5 Å². The highest BCUT2D eigenvalue weighted by atomic mass is 35.5. The number of Topliss-reactive ketones (excluding diaryl/α,β-unsaturated/α-hetero) is 1. The van der Waals surface area contributed by atoms with Gasteiger partial charge in [-0.1, -0.05) is 54.1 Å². The fourth-order valence-corrected chi connectivity index (χ4v) is 4.20. The van der Waals surface area contributed by atoms with E-state index in [1.165, 1.54) is 5.56 Å². The molecular weight excluding hydrogens is 410 g/mol. The minimum Gasteiger partial charge on any atom is -0.477 e. The van der Waals surface area contributed by atoms with Gasteiger partial charge in [-0.05, 0) is 48.7 Å². The van der Waals surface area contributed by atoms with Gasteiger partial charge in [0, 0.05) is 29.2 Å². The largest absolute Gasteiger partial charge is 0.477 e. The quantitative estimate of drug-likeness (QED) is 0.500. The lowest BCUT2D eigenvalue weighted by Crippen LogP contribution is -2.34. The zero-order valence-electron chi connectivity index (χ0n) is 17.2. The highest BCUT2D eigenvalue weighted by molar-refractivity contribution is 6.30. The molecule has 0 saturated heterocycles. The standard InChI is InChI=1S/C26H22ClNO3/c1-17-25-20(15-28(16-30-25)12-11-18-7-9-21(27)10-8-18)14-22-24(29)23(31-26(17)22)13-19-5-3-2-4-6-19/h2-10,13-14H,11-12,15-16H2,1H3/b23-13-. The molecule has 2 aliphatic heterocycles. The van der Waals surface area contributed by atoms with Crippen molar-refractivity contribution in [1.29, 1.82) is 0 Å². The van der Waals surface area contributed by atoms with E-state index >= 15 is 0 Å². The molecule has 156 valence electrons. The lowest BCUT2D eigenvalue weighted by atomic mass is 10.00. The van der Waals surface area contributed by atoms with Crippen molar-refractivity contribution in [2.45, 2.75) is 19.9 Å². The van der Waals surface area contributed by atoms with Gasteiger partial charge in [-0.15, -0.1) is 0 Å². The highest BCUT2D eigenvalue weighted by Gasteiger charge is 2.33. The first-order valence-electron chi connectivity index (χ1n) is 10.3. The smallest absolute Gasteiger partial charge is 0.231 e. The highest BCUT2D eigenvalue weighted by Crippen LogP contribution is 2.43. The SMILES string of the molecule is Cc1c2c(cc3c1O/C(=C\c1ccccc1)C3=O)CN(CCc1ccc(Cl)cc1)CO2. The third-order valence-corrected chi connectivity index (χ3v) is 5.98. The topological polar surface area (TPSA) is 38.8 Å². The molecule has 0 N–H and O–H groups in total. The molecule has 0 aliphatic carbocycles. The van der Waals surface area contributed by atoms with Crippen LogP contribution < -0.4 is 9.47 Å². The molecule has 3 aromatic carbocycles. The number of halogens is 1. The second-order valence-electron chi connectivity index (χ2n) is 7.92. The number of ketones is 1. The monoisotopic (exact) mass is 431 g/mol. The molecule has 3 aromatic rings. The average molecular weight is 432 g/mol. The first-order chi connectivity index (χ1) is 15.1. The minimum atomic E-state index is -0.0805. The van der Waals surface area contributed by atoms with Crippen molar-refractivity contribution in [3.05, 3.63) is 99.3 Å². The van der Waals surface area contributed by atoms with Crippen LogP contribution in [0, 0.1) is 6.92 Å². The Morgan fingerprint density at radius 2 is 1.84 bits per heavy atom. The van der Waals surface area contributed by atoms with E-state index in [1.54, 1.807) is 6.08 Å². The first kappa shape index (κ1) is 19.9. The Morgan fingerprint density at radius 1 is 1.06 bits per heavy atom. The molecule has 2 aliphatic rings. The first-order valence-corrected chi connectivity index (χ1v) is 10.7. The predicted molar refractivity (Wildman–Crippen MR) is 122 cm³/mol. The van der Waals surface area contributed by atoms with Gasteiger partial charge in [0.2, 0.25) is 5.78 Å². The van der Waals surface area contributed by atoms with Crippen molar-refractivity contribution in [3.63, 3.8) is 0 Å². The molecule has 0 unspecified atom stereocenters. The summed E-state index contributed by atoms with van der Waals surface area (Å²) in [6.45, 7) is 4.07. The van der Waals surface area contributed by atoms with E-state index in [0.717, 1.165) is 47.0 Å². The summed E-state index contributed by atoms with van der Waals surface area (Å²) in [4.78, 5) is 15.2. The minimum absolute atomic E-state index is 0.0805. The van der Waals surface area contributed by atoms with E-state index in [2.05, 4.69) is 17.0 Å². The van der Waals surface area contributed by atoms with Gasteiger partial charge in [0.1, 0.15) is 18.2 Å². The van der Waals surface area contributed by atoms with E-state index in [9.17, 15) is 4.79 Å². The summed E-state index contributed by atoms with van der Waals surface area (Å²) in [5, 5.41) is 0.746. The average Bonchev–Trinajstić information content (AvgIpc) is 3.10. The van der Waals surface area contributed by atoms with Gasteiger partial charge in [0.05, 0.1) is 5.56 Å². The second kappa shape index (κ2) is 8.22. The fraction of sp³-hybridized carbons (Fsp3) is 0.192. The van der Waals surface area contributed by atoms with Crippen molar-refractivity contribution in [2.24, 2.45) is 0 Å². The van der Waals surface area contributed by atoms with Crippen molar-refractivity contribution in [2.75, 3.05) is 13.3 Å². The van der Waals surface area contributed by atoms with E-state index < -0.39 is 0 Å². The molecule has 5 rings (SSSR count). The molecule has 5 heteroatoms. The summed E-state index contributed by atoms with van der Waals surface area (Å²) in [6.07, 6.45) is 2.70. The Morgan fingerprint density at radius 3 is 2.61 bits per heavy atom. The van der Waals surface area contributed by atoms with Crippen LogP contribution >= 0.6 is 11.6 Å². The molecule has 0 aromatic heterocycles. The molecule has 0 amide bonds. The second-order valence-corrected chi connectivity index (χ2v) is 8.36. The number of hydrogen-bond donors (Lipinski definition) is 0. The molecule has 4 nitrogen and oxygen atoms in total. The van der Waals surface area contributed by atoms with Crippen molar-refractivity contribution in [1.82, 2.24) is 4.90 Å². The summed E-state index contributed by atoms with van der Waals surface area (Å²) < 4.78 is 12.1. The van der Waals surface area contributed by atoms with Crippen LogP contribution in [0.1, 0.15) is 32.6 Å². The maximum Gasteiger partial charge on any atom is 0.231 e. The maximum atomic E-state index is 13.0. The zero-order chi connectivity index (χ0) is 21.4. The number of carbonyl (C=O) groups excluding carboxylic acids is 1. The van der Waals surface area contributed by atoms with Gasteiger partial charge in [0.15, 0.2) is 5.76 Å². The molecule has 0 spiro atoms. The van der Waals surface area contributed by atoms with Gasteiger partial charge < -0.3 is 9.47 Å². The Labute approximate surface area is 186 Å². The van der Waals surface area contributed by atoms with Crippen LogP contribution in [0.2, 0.25) is 5.02 Å². The van der Waals surface area contributed by atoms with E-state index in [4.69, 9.17) is 21.1 Å². The van der Waals surface area contributed by atoms with Crippen LogP contribution in [0.25, 0.3) is 6.08 Å². The van der Waals surface area contributed by atoms with Gasteiger partial charge in [0.25, 0.3) is 0 Å². The Bertz CT molecular complexity index is 1170. The summed E-state index contributed by atoms with van der Waals surface area (Å²) in [6, 6.07) is 19.6.